The fraction of sp³-hybridized carbons (Fsp3) is 0.571. The number of nitrogens with zero attached hydrogens (tertiary/aromatic N) is 1. The number of rotatable bonds is 1. The van der Waals surface area contributed by atoms with Crippen molar-refractivity contribution in [2.75, 3.05) is 27.2 Å². The molecule has 2 unspecified atom stereocenters. The first-order valence-electron chi connectivity index (χ1n) is 6.46. The van der Waals surface area contributed by atoms with Gasteiger partial charge in [0.2, 0.25) is 0 Å². The van der Waals surface area contributed by atoms with Crippen molar-refractivity contribution in [3.8, 4) is 5.75 Å². The molecule has 3 rings (SSSR count). The summed E-state index contributed by atoms with van der Waals surface area (Å²) in [6.07, 6.45) is 2.18. The van der Waals surface area contributed by atoms with Crippen LogP contribution in [0, 0.1) is 0 Å². The Labute approximate surface area is 117 Å². The number of fused-ring (bicyclic) bond motifs is 1. The first-order valence-corrected chi connectivity index (χ1v) is 7.25. The Morgan fingerprint density at radius 3 is 3.00 bits per heavy atom. The maximum absolute atomic E-state index is 6.35. The SMILES string of the molecule is CNC1CC2(CCN(C)C2)Oc2cc(Br)ccc21. The predicted octanol–water partition coefficient (Wildman–Crippen LogP) is 2.57. The number of halogens is 1. The minimum Gasteiger partial charge on any atom is -0.485 e. The van der Waals surface area contributed by atoms with Gasteiger partial charge in [-0.15, -0.1) is 0 Å². The molecule has 4 heteroatoms. The van der Waals surface area contributed by atoms with Crippen LogP contribution < -0.4 is 10.1 Å². The van der Waals surface area contributed by atoms with E-state index in [4.69, 9.17) is 4.74 Å². The quantitative estimate of drug-likeness (QED) is 0.863. The molecule has 98 valence electrons. The Kier molecular flexibility index (Phi) is 3.12. The summed E-state index contributed by atoms with van der Waals surface area (Å²) < 4.78 is 7.43. The average Bonchev–Trinajstić information content (AvgIpc) is 2.68. The van der Waals surface area contributed by atoms with Crippen molar-refractivity contribution in [3.63, 3.8) is 0 Å². The molecule has 0 amide bonds. The van der Waals surface area contributed by atoms with Crippen LogP contribution in [0.3, 0.4) is 0 Å². The van der Waals surface area contributed by atoms with Crippen molar-refractivity contribution >= 4 is 15.9 Å². The van der Waals surface area contributed by atoms with Gasteiger partial charge in [-0.25, -0.2) is 0 Å². The second-order valence-electron chi connectivity index (χ2n) is 5.50. The number of hydrogen-bond acceptors (Lipinski definition) is 3. The van der Waals surface area contributed by atoms with Crippen LogP contribution in [-0.2, 0) is 0 Å². The molecule has 3 nitrogen and oxygen atoms in total. The molecule has 0 aliphatic carbocycles. The molecule has 1 saturated heterocycles. The fourth-order valence-corrected chi connectivity index (χ4v) is 3.53. The molecule has 0 saturated carbocycles. The van der Waals surface area contributed by atoms with E-state index in [0.717, 1.165) is 36.2 Å². The van der Waals surface area contributed by atoms with Gasteiger partial charge in [0.05, 0.1) is 0 Å². The Hall–Kier alpha value is -0.580. The van der Waals surface area contributed by atoms with Gasteiger partial charge in [0.1, 0.15) is 11.4 Å². The highest BCUT2D eigenvalue weighted by atomic mass is 79.9. The van der Waals surface area contributed by atoms with E-state index in [9.17, 15) is 0 Å². The van der Waals surface area contributed by atoms with E-state index in [1.165, 1.54) is 5.56 Å². The molecule has 1 aromatic carbocycles. The van der Waals surface area contributed by atoms with Gasteiger partial charge in [-0.3, -0.25) is 0 Å². The van der Waals surface area contributed by atoms with Gasteiger partial charge in [0.25, 0.3) is 0 Å². The van der Waals surface area contributed by atoms with E-state index in [2.05, 4.69) is 51.4 Å². The van der Waals surface area contributed by atoms with E-state index >= 15 is 0 Å². The smallest absolute Gasteiger partial charge is 0.126 e. The number of hydrogen-bond donors (Lipinski definition) is 1. The molecule has 2 atom stereocenters. The van der Waals surface area contributed by atoms with Crippen LogP contribution in [0.15, 0.2) is 22.7 Å². The second kappa shape index (κ2) is 4.51. The molecule has 2 aliphatic rings. The van der Waals surface area contributed by atoms with Crippen molar-refractivity contribution in [2.45, 2.75) is 24.5 Å². The van der Waals surface area contributed by atoms with Crippen molar-refractivity contribution in [2.24, 2.45) is 0 Å². The molecule has 2 aliphatic heterocycles. The number of benzene rings is 1. The summed E-state index contributed by atoms with van der Waals surface area (Å²) in [5.41, 5.74) is 1.27. The lowest BCUT2D eigenvalue weighted by molar-refractivity contribution is 0.0419. The molecule has 0 bridgehead atoms. The molecular weight excluding hydrogens is 292 g/mol. The Morgan fingerprint density at radius 1 is 1.50 bits per heavy atom. The largest absolute Gasteiger partial charge is 0.485 e. The van der Waals surface area contributed by atoms with Crippen molar-refractivity contribution in [3.05, 3.63) is 28.2 Å². The average molecular weight is 311 g/mol. The van der Waals surface area contributed by atoms with Crippen LogP contribution in [0.25, 0.3) is 0 Å². The zero-order valence-corrected chi connectivity index (χ0v) is 12.5. The van der Waals surface area contributed by atoms with E-state index < -0.39 is 0 Å². The van der Waals surface area contributed by atoms with Crippen molar-refractivity contribution in [1.82, 2.24) is 10.2 Å². The van der Waals surface area contributed by atoms with Crippen LogP contribution in [0.2, 0.25) is 0 Å². The maximum atomic E-state index is 6.35. The molecule has 0 aromatic heterocycles. The monoisotopic (exact) mass is 310 g/mol. The van der Waals surface area contributed by atoms with E-state index in [1.807, 2.05) is 7.05 Å². The number of likely N-dealkylation sites (tertiary alicyclic amines) is 1. The maximum Gasteiger partial charge on any atom is 0.126 e. The molecule has 0 radical (unpaired) electrons. The van der Waals surface area contributed by atoms with Gasteiger partial charge in [-0.2, -0.15) is 0 Å². The minimum atomic E-state index is -0.00375. The predicted molar refractivity (Wildman–Crippen MR) is 76.0 cm³/mol. The molecule has 1 spiro atoms. The fourth-order valence-electron chi connectivity index (χ4n) is 3.19. The van der Waals surface area contributed by atoms with Crippen LogP contribution in [0.1, 0.15) is 24.4 Å². The molecule has 1 fully saturated rings. The molecule has 18 heavy (non-hydrogen) atoms. The zero-order valence-electron chi connectivity index (χ0n) is 10.9. The van der Waals surface area contributed by atoms with Gasteiger partial charge in [-0.05, 0) is 26.2 Å². The lowest BCUT2D eigenvalue weighted by Gasteiger charge is -2.39. The normalized spacial score (nSPS) is 31.4. The summed E-state index contributed by atoms with van der Waals surface area (Å²) in [7, 11) is 4.21. The second-order valence-corrected chi connectivity index (χ2v) is 6.42. The summed E-state index contributed by atoms with van der Waals surface area (Å²) in [5, 5.41) is 3.43. The van der Waals surface area contributed by atoms with Crippen LogP contribution in [-0.4, -0.2) is 37.7 Å². The van der Waals surface area contributed by atoms with Gasteiger partial charge >= 0.3 is 0 Å². The number of nitrogens with one attached hydrogen (secondary N) is 1. The summed E-state index contributed by atoms with van der Waals surface area (Å²) >= 11 is 3.53. The standard InChI is InChI=1S/C14H19BrN2O/c1-16-12-8-14(5-6-17(2)9-14)18-13-7-10(15)3-4-11(12)13/h3-4,7,12,16H,5-6,8-9H2,1-2H3. The lowest BCUT2D eigenvalue weighted by atomic mass is 9.86. The van der Waals surface area contributed by atoms with Gasteiger partial charge in [0.15, 0.2) is 0 Å². The van der Waals surface area contributed by atoms with Crippen LogP contribution in [0.5, 0.6) is 5.75 Å². The first kappa shape index (κ1) is 12.5. The highest BCUT2D eigenvalue weighted by Crippen LogP contribution is 2.44. The highest BCUT2D eigenvalue weighted by Gasteiger charge is 2.44. The Morgan fingerprint density at radius 2 is 2.33 bits per heavy atom. The van der Waals surface area contributed by atoms with Gasteiger partial charge in [0, 0.05) is 42.0 Å². The van der Waals surface area contributed by atoms with E-state index in [0.29, 0.717) is 6.04 Å². The minimum absolute atomic E-state index is 0.00375. The zero-order chi connectivity index (χ0) is 12.8. The number of likely N-dealkylation sites (N-methyl/N-ethyl adjacent to an activating group) is 1. The topological polar surface area (TPSA) is 24.5 Å². The number of ether oxygens (including phenoxy) is 1. The summed E-state index contributed by atoms with van der Waals surface area (Å²) in [4.78, 5) is 2.36. The summed E-state index contributed by atoms with van der Waals surface area (Å²) in [6.45, 7) is 2.15. The summed E-state index contributed by atoms with van der Waals surface area (Å²) in [5.74, 6) is 1.03. The molecular formula is C14H19BrN2O. The van der Waals surface area contributed by atoms with Crippen molar-refractivity contribution in [1.29, 1.82) is 0 Å². The Bertz CT molecular complexity index is 465. The lowest BCUT2D eigenvalue weighted by Crippen LogP contribution is -2.45. The Balaban J connectivity index is 1.98. The van der Waals surface area contributed by atoms with E-state index in [-0.39, 0.29) is 5.60 Å². The van der Waals surface area contributed by atoms with E-state index in [1.54, 1.807) is 0 Å². The van der Waals surface area contributed by atoms with Gasteiger partial charge < -0.3 is 15.0 Å². The molecule has 1 N–H and O–H groups in total. The van der Waals surface area contributed by atoms with Crippen LogP contribution in [0.4, 0.5) is 0 Å². The third-order valence-corrected chi connectivity index (χ3v) is 4.60. The van der Waals surface area contributed by atoms with Gasteiger partial charge in [-0.1, -0.05) is 22.0 Å². The third kappa shape index (κ3) is 2.06. The van der Waals surface area contributed by atoms with Crippen LogP contribution >= 0.6 is 15.9 Å². The highest BCUT2D eigenvalue weighted by molar-refractivity contribution is 9.10. The third-order valence-electron chi connectivity index (χ3n) is 4.11. The molecule has 2 heterocycles. The summed E-state index contributed by atoms with van der Waals surface area (Å²) in [6, 6.07) is 6.74. The first-order chi connectivity index (χ1) is 8.62. The molecule has 1 aromatic rings. The van der Waals surface area contributed by atoms with Crippen molar-refractivity contribution < 1.29 is 4.74 Å².